The van der Waals surface area contributed by atoms with Crippen molar-refractivity contribution in [3.05, 3.63) is 359 Å². The van der Waals surface area contributed by atoms with Crippen molar-refractivity contribution in [1.82, 2.24) is 36.8 Å². The molecule has 0 unspecified atom stereocenters. The fraction of sp³-hybridized carbons (Fsp3) is 0.368. The normalized spacial score (nSPS) is 23.5. The number of halogens is 4. The molecule has 8 aliphatic heterocycles. The summed E-state index contributed by atoms with van der Waals surface area (Å²) in [7, 11) is -11.9. The smallest absolute Gasteiger partial charge is 0.246 e. The Morgan fingerprint density at radius 3 is 0.859 bits per heavy atom. The summed E-state index contributed by atoms with van der Waals surface area (Å²) in [4.78, 5) is 9.01. The molecule has 0 bridgehead atoms. The summed E-state index contributed by atoms with van der Waals surface area (Å²) in [6.07, 6.45) is 6.48. The largest absolute Gasteiger partial charge is 0.395 e. The highest BCUT2D eigenvalue weighted by Gasteiger charge is 2.55. The Kier molecular flexibility index (Phi) is 33.1. The van der Waals surface area contributed by atoms with Crippen molar-refractivity contribution < 1.29 is 70.9 Å². The maximum Gasteiger partial charge on any atom is 0.246 e. The molecule has 0 radical (unpaired) electrons. The number of aryl methyl sites for hydroxylation is 4. The van der Waals surface area contributed by atoms with Crippen molar-refractivity contribution in [2.24, 2.45) is 0 Å². The number of fused-ring (bicyclic) bond motifs is 4. The SMILES string of the molecule is COC[C@@H]1[C@@H](c2ccc(-c3cccc(C)c3)cc2)[C@@H]2CN(S(=O)(=O)c3ccccc3F)CCCCN12.COC[C@@H]1[C@@H](c2ccc(-c3ccccc3C)cc2)[C@@H]2CN(S(=O)(=O)c3ccc(F)cc3)CCCCN12.Cc1cccc(-c2ccc([C@@H]3[C@@H](CO)N4CCCCN(S(=O)(=O)c5ccccc5F)C[C@@H]34)cc2)c1.Cc1ccccc1-c1ccc([C@@H]2[C@@H](CO)N3CCCCN(S(=O)(=O)c4ccc(F)cc4)C[C@@H]23)cc1. The number of benzene rings is 12. The molecule has 8 fully saturated rings. The van der Waals surface area contributed by atoms with E-state index in [2.05, 4.69) is 217 Å². The van der Waals surface area contributed by atoms with Crippen molar-refractivity contribution in [1.29, 1.82) is 0 Å². The summed E-state index contributed by atoms with van der Waals surface area (Å²) in [6.45, 7) is 16.1. The van der Waals surface area contributed by atoms with Crippen molar-refractivity contribution in [2.75, 3.05) is 119 Å². The van der Waals surface area contributed by atoms with E-state index in [4.69, 9.17) is 9.47 Å². The molecule has 0 aromatic heterocycles. The summed E-state index contributed by atoms with van der Waals surface area (Å²) in [5, 5.41) is 20.4. The predicted molar refractivity (Wildman–Crippen MR) is 550 cm³/mol. The van der Waals surface area contributed by atoms with Gasteiger partial charge in [0.15, 0.2) is 0 Å². The van der Waals surface area contributed by atoms with Gasteiger partial charge >= 0.3 is 0 Å². The quantitative estimate of drug-likeness (QED) is 0.0602. The number of nitrogens with zero attached hydrogens (tertiary/aromatic N) is 8. The first kappa shape index (κ1) is 103. The average molecular weight is 2010 g/mol. The molecule has 28 heteroatoms. The molecule has 0 amide bonds. The van der Waals surface area contributed by atoms with Gasteiger partial charge in [-0.25, -0.2) is 51.2 Å². The molecule has 0 aliphatic carbocycles. The highest BCUT2D eigenvalue weighted by Crippen LogP contribution is 2.49. The van der Waals surface area contributed by atoms with E-state index in [1.54, 1.807) is 35.0 Å². The number of ether oxygens (including phenoxy) is 2. The molecule has 12 aromatic rings. The van der Waals surface area contributed by atoms with E-state index in [0.29, 0.717) is 65.4 Å². The highest BCUT2D eigenvalue weighted by atomic mass is 32.2. The summed E-state index contributed by atoms with van der Waals surface area (Å²) < 4.78 is 180. The molecule has 0 spiro atoms. The lowest BCUT2D eigenvalue weighted by Gasteiger charge is -2.57. The third kappa shape index (κ3) is 22.1. The minimum Gasteiger partial charge on any atom is -0.395 e. The van der Waals surface area contributed by atoms with Gasteiger partial charge in [-0.1, -0.05) is 230 Å². The molecule has 8 aliphatic rings. The van der Waals surface area contributed by atoms with E-state index in [9.17, 15) is 61.4 Å². The Balaban J connectivity index is 0.000000130. The van der Waals surface area contributed by atoms with Crippen LogP contribution in [0.3, 0.4) is 0 Å². The molecule has 12 atom stereocenters. The maximum atomic E-state index is 14.5. The Hall–Kier alpha value is -10.3. The van der Waals surface area contributed by atoms with Crippen LogP contribution in [0.5, 0.6) is 0 Å². The molecule has 8 saturated heterocycles. The zero-order chi connectivity index (χ0) is 99.7. The van der Waals surface area contributed by atoms with E-state index in [1.165, 1.54) is 149 Å². The molecule has 20 rings (SSSR count). The molecule has 0 saturated carbocycles. The zero-order valence-electron chi connectivity index (χ0n) is 81.3. The summed E-state index contributed by atoms with van der Waals surface area (Å²) in [6, 6.07) is 89.3. The second-order valence-electron chi connectivity index (χ2n) is 38.8. The van der Waals surface area contributed by atoms with Crippen LogP contribution in [0.1, 0.15) is 120 Å². The number of rotatable bonds is 22. The van der Waals surface area contributed by atoms with Crippen molar-refractivity contribution in [3.63, 3.8) is 0 Å². The molecule has 8 heterocycles. The first-order valence-corrected chi connectivity index (χ1v) is 55.3. The summed E-state index contributed by atoms with van der Waals surface area (Å²) >= 11 is 0. The fourth-order valence-corrected chi connectivity index (χ4v) is 29.0. The molecule has 2 N–H and O–H groups in total. The monoisotopic (exact) mass is 2000 g/mol. The summed E-state index contributed by atoms with van der Waals surface area (Å²) in [5.74, 6) is -1.99. The van der Waals surface area contributed by atoms with Gasteiger partial charge < -0.3 is 19.7 Å². The maximum absolute atomic E-state index is 14.5. The molecular weight excluding hydrogens is 1880 g/mol. The van der Waals surface area contributed by atoms with Crippen LogP contribution < -0.4 is 0 Å². The number of sulfonamides is 4. The first-order valence-electron chi connectivity index (χ1n) is 49.5. The van der Waals surface area contributed by atoms with Crippen LogP contribution in [0, 0.1) is 51.0 Å². The van der Waals surface area contributed by atoms with Crippen molar-refractivity contribution >= 4 is 40.1 Å². The van der Waals surface area contributed by atoms with Crippen molar-refractivity contribution in [2.45, 2.75) is 171 Å². The van der Waals surface area contributed by atoms with Crippen LogP contribution in [0.25, 0.3) is 44.5 Å². The van der Waals surface area contributed by atoms with Crippen LogP contribution >= 0.6 is 0 Å². The van der Waals surface area contributed by atoms with Crippen LogP contribution in [0.15, 0.2) is 311 Å². The average Bonchev–Trinajstić information content (AvgIpc) is 0.745. The van der Waals surface area contributed by atoms with E-state index >= 15 is 0 Å². The van der Waals surface area contributed by atoms with Crippen molar-refractivity contribution in [3.8, 4) is 44.5 Å². The number of methoxy groups -OCH3 is 2. The fourth-order valence-electron chi connectivity index (χ4n) is 22.9. The second-order valence-corrected chi connectivity index (χ2v) is 46.5. The molecular formula is C114H128F4N8O12S4. The summed E-state index contributed by atoms with van der Waals surface area (Å²) in [5.41, 5.74) is 18.8. The predicted octanol–water partition coefficient (Wildman–Crippen LogP) is 19.0. The lowest BCUT2D eigenvalue weighted by molar-refractivity contribution is -0.0635. The standard InChI is InChI=1S/2C29H33FN2O3S.2C28H31FN2O3S/c1-21-8-7-9-24(18-21)22-12-14-23(15-13-22)29-26-19-31(16-5-6-17-32(26)27(29)20-35-2)36(33,34)28-11-4-3-10-25(28)30;1-21-7-3-4-8-26(21)22-9-11-23(12-10-22)29-27-19-31(17-5-6-18-32(27)28(29)20-35-2)36(33,34)25-15-13-24(30)14-16-25;1-20-7-6-8-23(17-20)21-11-13-22(14-12-21)28-25-18-30(15-4-5-16-31(25)26(28)19-32)35(33,34)27-10-3-2-9-24(27)29;1-20-6-2-3-7-25(20)21-8-10-22(11-9-21)28-26-18-30(16-4-5-17-31(26)27(28)19-32)35(33,34)24-14-12-23(29)13-15-24/h3-4,7-15,18,26-27,29H,5-6,16-17,19-20H2,1-2H3;3-4,7-16,27-29H,5-6,17-20H2,1-2H3;2-3,6-14,17,25-26,28,32H,4-5,15-16,18-19H2,1H3;2-3,6-15,26-28,32H,4-5,16-19H2,1H3/t26-,27+,29-;27-,28+,29-;25-,26+,28-;26-,27+,28-/m0000/s1. The van der Waals surface area contributed by atoms with Gasteiger partial charge in [-0.2, -0.15) is 17.2 Å². The van der Waals surface area contributed by atoms with Gasteiger partial charge in [-0.3, -0.25) is 19.6 Å². The number of hydrogen-bond acceptors (Lipinski definition) is 16. The first-order chi connectivity index (χ1) is 68.6. The van der Waals surface area contributed by atoms with Crippen LogP contribution in [0.4, 0.5) is 17.6 Å². The van der Waals surface area contributed by atoms with Gasteiger partial charge in [0.25, 0.3) is 0 Å². The molecule has 20 nitrogen and oxygen atoms in total. The molecule has 12 aromatic carbocycles. The van der Waals surface area contributed by atoms with Crippen LogP contribution in [-0.4, -0.2) is 248 Å². The Morgan fingerprint density at radius 2 is 0.563 bits per heavy atom. The zero-order valence-corrected chi connectivity index (χ0v) is 84.6. The Morgan fingerprint density at radius 1 is 0.289 bits per heavy atom. The van der Waals surface area contributed by atoms with E-state index in [1.807, 2.05) is 24.3 Å². The number of hydrogen-bond donors (Lipinski definition) is 2. The third-order valence-corrected chi connectivity index (χ3v) is 37.8. The van der Waals surface area contributed by atoms with Gasteiger partial charge in [-0.05, 0) is 256 Å². The highest BCUT2D eigenvalue weighted by molar-refractivity contribution is 7.90. The minimum atomic E-state index is -3.96. The van der Waals surface area contributed by atoms with E-state index in [-0.39, 0.29) is 111 Å². The topological polar surface area (TPSA) is 221 Å². The van der Waals surface area contributed by atoms with Crippen LogP contribution in [0.2, 0.25) is 0 Å². The lowest BCUT2D eigenvalue weighted by atomic mass is 9.74. The Labute approximate surface area is 835 Å². The number of aliphatic hydroxyl groups excluding tert-OH is 2. The Bertz CT molecular complexity index is 6810. The van der Waals surface area contributed by atoms with Gasteiger partial charge in [0.05, 0.1) is 36.2 Å². The third-order valence-electron chi connectivity index (χ3n) is 30.2. The molecule has 748 valence electrons. The lowest BCUT2D eigenvalue weighted by Crippen LogP contribution is -2.68. The second kappa shape index (κ2) is 45.5. The molecule has 142 heavy (non-hydrogen) atoms. The van der Waals surface area contributed by atoms with E-state index in [0.717, 1.165) is 105 Å². The number of aliphatic hydroxyl groups is 2. The minimum absolute atomic E-state index is 0.00276. The van der Waals surface area contributed by atoms with Gasteiger partial charge in [0.1, 0.15) is 33.1 Å². The van der Waals surface area contributed by atoms with Gasteiger partial charge in [0.2, 0.25) is 40.1 Å². The van der Waals surface area contributed by atoms with Gasteiger partial charge in [-0.15, -0.1) is 0 Å². The van der Waals surface area contributed by atoms with Crippen LogP contribution in [-0.2, 0) is 49.6 Å². The van der Waals surface area contributed by atoms with Gasteiger partial charge in [0, 0.05) is 139 Å². The van der Waals surface area contributed by atoms with E-state index < -0.39 is 63.4 Å².